The lowest BCUT2D eigenvalue weighted by Gasteiger charge is -2.31. The zero-order valence-electron chi connectivity index (χ0n) is 23.3. The number of ether oxygens (including phenoxy) is 3. The summed E-state index contributed by atoms with van der Waals surface area (Å²) in [6.07, 6.45) is -23.0. The van der Waals surface area contributed by atoms with Crippen molar-refractivity contribution in [1.82, 2.24) is 0 Å². The van der Waals surface area contributed by atoms with Gasteiger partial charge in [-0.3, -0.25) is 0 Å². The highest BCUT2D eigenvalue weighted by Crippen LogP contribution is 2.43. The minimum atomic E-state index is -6.90. The molecule has 2 unspecified atom stereocenters. The van der Waals surface area contributed by atoms with E-state index in [4.69, 9.17) is 4.74 Å². The molecule has 0 aliphatic heterocycles. The summed E-state index contributed by atoms with van der Waals surface area (Å²) in [6.45, 7) is -3.61. The average molecular weight is 745 g/mol. The van der Waals surface area contributed by atoms with Gasteiger partial charge in [-0.2, -0.15) is 48.3 Å². The molecule has 0 spiro atoms. The zero-order chi connectivity index (χ0) is 36.3. The summed E-state index contributed by atoms with van der Waals surface area (Å²) in [5.74, 6) is -2.76. The van der Waals surface area contributed by atoms with Gasteiger partial charge >= 0.3 is 29.8 Å². The molecule has 1 N–H and O–H groups in total. The van der Waals surface area contributed by atoms with E-state index in [9.17, 15) is 71.2 Å². The van der Waals surface area contributed by atoms with Gasteiger partial charge in [0, 0.05) is 0 Å². The SMILES string of the molecule is O=C(COc1ccc([S+](c2ccccc2)c2ccc(OCC(O)(C(F)(F)F)C(F)(F)F)cc2)cc1)OC(C(F)(F)F)C(F)(F)S(=O)(=O)[O-]. The van der Waals surface area contributed by atoms with E-state index >= 15 is 0 Å². The third-order valence-electron chi connectivity index (χ3n) is 6.03. The van der Waals surface area contributed by atoms with E-state index in [1.54, 1.807) is 30.3 Å². The normalized spacial score (nSPS) is 14.6. The molecule has 3 aromatic rings. The number of carbonyl (C=O) groups excluding carboxylic acids is 1. The molecule has 48 heavy (non-hydrogen) atoms. The first-order valence-electron chi connectivity index (χ1n) is 12.6. The van der Waals surface area contributed by atoms with Crippen LogP contribution in [0.15, 0.2) is 93.5 Å². The molecule has 0 saturated heterocycles. The van der Waals surface area contributed by atoms with Crippen LogP contribution in [-0.2, 0) is 30.5 Å². The van der Waals surface area contributed by atoms with Gasteiger partial charge in [0.2, 0.25) is 0 Å². The second-order valence-electron chi connectivity index (χ2n) is 9.42. The predicted molar refractivity (Wildman–Crippen MR) is 140 cm³/mol. The number of alkyl halides is 11. The number of benzene rings is 3. The summed E-state index contributed by atoms with van der Waals surface area (Å²) in [5, 5.41) is 3.24. The van der Waals surface area contributed by atoms with Crippen LogP contribution in [0.2, 0.25) is 0 Å². The van der Waals surface area contributed by atoms with Crippen LogP contribution < -0.4 is 9.47 Å². The molecule has 0 aromatic heterocycles. The van der Waals surface area contributed by atoms with Crippen molar-refractivity contribution < 1.29 is 85.4 Å². The monoisotopic (exact) mass is 744 g/mol. The van der Waals surface area contributed by atoms with Crippen molar-refractivity contribution in [2.24, 2.45) is 0 Å². The van der Waals surface area contributed by atoms with Crippen molar-refractivity contribution in [3.05, 3.63) is 78.9 Å². The second-order valence-corrected chi connectivity index (χ2v) is 12.9. The number of halogens is 11. The number of aliphatic hydroxyl groups is 1. The molecule has 2 atom stereocenters. The van der Waals surface area contributed by atoms with Crippen LogP contribution in [0.1, 0.15) is 0 Å². The number of carbonyl (C=O) groups is 1. The smallest absolute Gasteiger partial charge is 0.432 e. The van der Waals surface area contributed by atoms with Crippen molar-refractivity contribution in [2.45, 2.75) is 50.2 Å². The fraction of sp³-hybridized carbons (Fsp3) is 0.296. The molecule has 8 nitrogen and oxygen atoms in total. The largest absolute Gasteiger partial charge is 0.743 e. The topological polar surface area (TPSA) is 122 Å². The van der Waals surface area contributed by atoms with E-state index in [1.807, 2.05) is 0 Å². The van der Waals surface area contributed by atoms with Gasteiger partial charge in [0.05, 0.1) is 10.9 Å². The van der Waals surface area contributed by atoms with E-state index in [-0.39, 0.29) is 5.75 Å². The molecule has 0 fully saturated rings. The summed E-state index contributed by atoms with van der Waals surface area (Å²) in [7, 11) is -7.93. The van der Waals surface area contributed by atoms with Crippen LogP contribution in [0.25, 0.3) is 0 Å². The number of hydrogen-bond donors (Lipinski definition) is 1. The van der Waals surface area contributed by atoms with E-state index < -0.39 is 81.4 Å². The molecule has 0 saturated carbocycles. The summed E-state index contributed by atoms with van der Waals surface area (Å²) in [6, 6.07) is 18.3. The molecule has 0 bridgehead atoms. The molecule has 0 amide bonds. The molecule has 0 aliphatic rings. The van der Waals surface area contributed by atoms with Gasteiger partial charge in [-0.05, 0) is 60.7 Å². The van der Waals surface area contributed by atoms with Crippen LogP contribution in [-0.4, -0.2) is 72.7 Å². The number of hydrogen-bond acceptors (Lipinski definition) is 8. The minimum absolute atomic E-state index is 0.218. The van der Waals surface area contributed by atoms with Gasteiger partial charge in [-0.15, -0.1) is 0 Å². The first kappa shape index (κ1) is 38.6. The van der Waals surface area contributed by atoms with Crippen LogP contribution in [0.4, 0.5) is 48.3 Å². The maximum Gasteiger partial charge on any atom is 0.432 e. The lowest BCUT2D eigenvalue weighted by atomic mass is 10.0. The van der Waals surface area contributed by atoms with Crippen molar-refractivity contribution in [2.75, 3.05) is 13.2 Å². The Balaban J connectivity index is 1.79. The van der Waals surface area contributed by atoms with Gasteiger partial charge in [0.1, 0.15) is 18.1 Å². The van der Waals surface area contributed by atoms with E-state index in [0.29, 0.717) is 14.7 Å². The van der Waals surface area contributed by atoms with Crippen molar-refractivity contribution in [3.8, 4) is 11.5 Å². The molecule has 0 radical (unpaired) electrons. The first-order valence-corrected chi connectivity index (χ1v) is 15.2. The molecule has 0 heterocycles. The Hall–Kier alpha value is -3.82. The minimum Gasteiger partial charge on any atom is -0.743 e. The van der Waals surface area contributed by atoms with Crippen molar-refractivity contribution in [1.29, 1.82) is 0 Å². The Morgan fingerprint density at radius 2 is 1.12 bits per heavy atom. The molecule has 3 aromatic carbocycles. The highest BCUT2D eigenvalue weighted by molar-refractivity contribution is 7.97. The van der Waals surface area contributed by atoms with Gasteiger partial charge < -0.3 is 23.9 Å². The lowest BCUT2D eigenvalue weighted by molar-refractivity contribution is -0.373. The third kappa shape index (κ3) is 8.80. The van der Waals surface area contributed by atoms with Crippen LogP contribution in [0, 0.1) is 0 Å². The van der Waals surface area contributed by atoms with E-state index in [1.165, 1.54) is 36.4 Å². The van der Waals surface area contributed by atoms with Gasteiger partial charge in [-0.25, -0.2) is 13.2 Å². The van der Waals surface area contributed by atoms with E-state index in [0.717, 1.165) is 12.1 Å². The second kappa shape index (κ2) is 14.0. The third-order valence-corrected chi connectivity index (χ3v) is 9.14. The summed E-state index contributed by atoms with van der Waals surface area (Å²) in [4.78, 5) is 13.4. The highest BCUT2D eigenvalue weighted by Gasteiger charge is 2.71. The standard InChI is InChI=1S/C27H19F11O8S2/c28-24(29,30)22(25(31,32)48(41,42)43)46-21(39)14-44-16-6-10-19(11-7-16)47(18-4-2-1-3-5-18)20-12-8-17(9-13-20)45-15-23(40,26(33,34)35)27(36,37)38/h1-13,22,40H,14-15H2. The van der Waals surface area contributed by atoms with Crippen LogP contribution >= 0.6 is 0 Å². The Morgan fingerprint density at radius 1 is 0.708 bits per heavy atom. The molecular formula is C27H19F11O8S2. The Labute approximate surface area is 266 Å². The van der Waals surface area contributed by atoms with Crippen molar-refractivity contribution >= 4 is 27.0 Å². The quantitative estimate of drug-likeness (QED) is 0.104. The van der Waals surface area contributed by atoms with Crippen molar-refractivity contribution in [3.63, 3.8) is 0 Å². The Bertz CT molecular complexity index is 1630. The van der Waals surface area contributed by atoms with Crippen LogP contribution in [0.5, 0.6) is 11.5 Å². The molecule has 264 valence electrons. The highest BCUT2D eigenvalue weighted by atomic mass is 32.2. The Morgan fingerprint density at radius 3 is 1.52 bits per heavy atom. The van der Waals surface area contributed by atoms with Gasteiger partial charge in [0.15, 0.2) is 31.4 Å². The summed E-state index contributed by atoms with van der Waals surface area (Å²) in [5.41, 5.74) is -5.14. The van der Waals surface area contributed by atoms with Crippen LogP contribution in [0.3, 0.4) is 0 Å². The molecule has 0 aliphatic carbocycles. The molecule has 21 heteroatoms. The molecule has 3 rings (SSSR count). The van der Waals surface area contributed by atoms with Gasteiger partial charge in [-0.1, -0.05) is 18.2 Å². The van der Waals surface area contributed by atoms with E-state index in [2.05, 4.69) is 9.47 Å². The lowest BCUT2D eigenvalue weighted by Crippen LogP contribution is -2.60. The molecular weight excluding hydrogens is 725 g/mol. The maximum absolute atomic E-state index is 13.6. The summed E-state index contributed by atoms with van der Waals surface area (Å²) >= 11 is 0. The predicted octanol–water partition coefficient (Wildman–Crippen LogP) is 6.01. The maximum atomic E-state index is 13.6. The number of esters is 1. The van der Waals surface area contributed by atoms with Gasteiger partial charge in [0.25, 0.3) is 11.7 Å². The average Bonchev–Trinajstić information content (AvgIpc) is 2.97. The first-order chi connectivity index (χ1) is 21.9. The fourth-order valence-electron chi connectivity index (χ4n) is 3.59. The zero-order valence-corrected chi connectivity index (χ0v) is 24.9. The number of rotatable bonds is 12. The Kier molecular flexibility index (Phi) is 11.2. The fourth-order valence-corrected chi connectivity index (χ4v) is 6.09. The summed E-state index contributed by atoms with van der Waals surface area (Å²) < 4.78 is 189.